The molecule has 6 rings (SSSR count). The average Bonchev–Trinajstić information content (AvgIpc) is 3.54. The van der Waals surface area contributed by atoms with Crippen molar-refractivity contribution in [1.82, 2.24) is 9.97 Å². The zero-order valence-corrected chi connectivity index (χ0v) is 18.7. The van der Waals surface area contributed by atoms with Crippen molar-refractivity contribution in [2.75, 3.05) is 31.5 Å². The number of aliphatic hydroxyl groups is 1. The number of carbonyl (C=O) groups excluding carboxylic acids is 2. The lowest BCUT2D eigenvalue weighted by Crippen LogP contribution is -2.66. The van der Waals surface area contributed by atoms with Gasteiger partial charge in [0.2, 0.25) is 0 Å². The maximum atomic E-state index is 13.4. The summed E-state index contributed by atoms with van der Waals surface area (Å²) in [5.41, 5.74) is -1.23. The molecule has 0 aromatic carbocycles. The summed E-state index contributed by atoms with van der Waals surface area (Å²) in [6.45, 7) is 2.63. The summed E-state index contributed by atoms with van der Waals surface area (Å²) in [4.78, 5) is 34.3. The highest BCUT2D eigenvalue weighted by molar-refractivity contribution is 5.90. The Labute approximate surface area is 192 Å². The van der Waals surface area contributed by atoms with Crippen molar-refractivity contribution >= 4 is 17.7 Å². The second-order valence-electron chi connectivity index (χ2n) is 9.81. The summed E-state index contributed by atoms with van der Waals surface area (Å²) in [6.07, 6.45) is 12.6. The number of quaternary nitrogens is 1. The lowest BCUT2D eigenvalue weighted by Gasteiger charge is -2.51. The Morgan fingerprint density at radius 2 is 2.00 bits per heavy atom. The molecule has 1 aliphatic carbocycles. The molecule has 1 amide bonds. The molecule has 2 atom stereocenters. The average molecular weight is 456 g/mol. The normalized spacial score (nSPS) is 28.9. The van der Waals surface area contributed by atoms with E-state index in [1.54, 1.807) is 12.3 Å². The molecular formula is C24H31N4O5+. The van der Waals surface area contributed by atoms with Crippen LogP contribution >= 0.6 is 0 Å². The van der Waals surface area contributed by atoms with Gasteiger partial charge in [0.1, 0.15) is 6.54 Å². The molecule has 176 valence electrons. The molecule has 5 heterocycles. The van der Waals surface area contributed by atoms with Gasteiger partial charge < -0.3 is 24.1 Å². The lowest BCUT2D eigenvalue weighted by molar-refractivity contribution is -0.939. The van der Waals surface area contributed by atoms with Crippen LogP contribution in [0.1, 0.15) is 44.1 Å². The van der Waals surface area contributed by atoms with Crippen molar-refractivity contribution in [2.45, 2.75) is 50.2 Å². The van der Waals surface area contributed by atoms with Crippen LogP contribution in [0.5, 0.6) is 0 Å². The third kappa shape index (κ3) is 4.27. The third-order valence-electron chi connectivity index (χ3n) is 7.83. The van der Waals surface area contributed by atoms with E-state index in [2.05, 4.69) is 15.3 Å². The molecule has 1 saturated carbocycles. The van der Waals surface area contributed by atoms with E-state index >= 15 is 0 Å². The van der Waals surface area contributed by atoms with E-state index in [0.29, 0.717) is 29.0 Å². The van der Waals surface area contributed by atoms with Gasteiger partial charge in [0.05, 0.1) is 31.8 Å². The fourth-order valence-corrected chi connectivity index (χ4v) is 6.00. The van der Waals surface area contributed by atoms with Crippen LogP contribution < -0.4 is 5.32 Å². The van der Waals surface area contributed by atoms with E-state index in [9.17, 15) is 14.7 Å². The number of furan rings is 1. The van der Waals surface area contributed by atoms with Gasteiger partial charge in [0, 0.05) is 42.6 Å². The first-order valence-corrected chi connectivity index (χ1v) is 11.9. The number of amides is 1. The van der Waals surface area contributed by atoms with Gasteiger partial charge in [-0.2, -0.15) is 0 Å². The van der Waals surface area contributed by atoms with Crippen molar-refractivity contribution in [1.29, 1.82) is 0 Å². The number of anilines is 1. The molecule has 4 fully saturated rings. The van der Waals surface area contributed by atoms with Crippen LogP contribution in [0, 0.1) is 11.8 Å². The van der Waals surface area contributed by atoms with E-state index in [-0.39, 0.29) is 23.8 Å². The summed E-state index contributed by atoms with van der Waals surface area (Å²) in [5.74, 6) is -0.199. The number of esters is 1. The van der Waals surface area contributed by atoms with Gasteiger partial charge >= 0.3 is 5.97 Å². The number of piperidine rings is 3. The Morgan fingerprint density at radius 3 is 2.67 bits per heavy atom. The number of carbonyl (C=O) groups is 2. The smallest absolute Gasteiger partial charge is 0.343 e. The minimum absolute atomic E-state index is 0.123. The fourth-order valence-electron chi connectivity index (χ4n) is 6.00. The number of hydrogen-bond acceptors (Lipinski definition) is 7. The molecule has 0 spiro atoms. The van der Waals surface area contributed by atoms with E-state index in [1.807, 2.05) is 0 Å². The lowest BCUT2D eigenvalue weighted by atomic mass is 9.80. The Hall–Kier alpha value is -2.78. The standard InChI is InChI=1S/C24H30N4O5/c29-22(27-21-13-25-8-9-26-21)15-28-10-5-17(6-11-28)20(14-28)33-23(30)24(31,18-3-1-2-4-18)19-7-12-32-16-19/h7-9,12-13,16-18,20,31H,1-6,10-11,14-15H2/p+1/t17?,20-,24?,28?/m0/s1. The molecule has 3 saturated heterocycles. The van der Waals surface area contributed by atoms with Gasteiger partial charge in [-0.25, -0.2) is 9.78 Å². The van der Waals surface area contributed by atoms with E-state index < -0.39 is 11.6 Å². The summed E-state index contributed by atoms with van der Waals surface area (Å²) < 4.78 is 11.8. The Bertz CT molecular complexity index is 968. The van der Waals surface area contributed by atoms with Crippen molar-refractivity contribution in [3.05, 3.63) is 42.7 Å². The quantitative estimate of drug-likeness (QED) is 0.486. The maximum absolute atomic E-state index is 13.4. The van der Waals surface area contributed by atoms with Crippen LogP contribution in [0.15, 0.2) is 41.6 Å². The van der Waals surface area contributed by atoms with Gasteiger partial charge in [-0.05, 0) is 18.9 Å². The first-order chi connectivity index (χ1) is 16.0. The molecular weight excluding hydrogens is 424 g/mol. The van der Waals surface area contributed by atoms with Crippen LogP contribution in [0.4, 0.5) is 5.82 Å². The van der Waals surface area contributed by atoms with Crippen molar-refractivity contribution in [3.8, 4) is 0 Å². The molecule has 2 bridgehead atoms. The van der Waals surface area contributed by atoms with Crippen LogP contribution in [-0.4, -0.2) is 63.7 Å². The first-order valence-electron chi connectivity index (χ1n) is 11.9. The molecule has 9 nitrogen and oxygen atoms in total. The Morgan fingerprint density at radius 1 is 1.21 bits per heavy atom. The Balaban J connectivity index is 1.28. The van der Waals surface area contributed by atoms with Crippen LogP contribution in [-0.2, 0) is 19.9 Å². The largest absolute Gasteiger partial charge is 0.472 e. The number of rotatable bonds is 7. The monoisotopic (exact) mass is 455 g/mol. The van der Waals surface area contributed by atoms with Crippen LogP contribution in [0.25, 0.3) is 0 Å². The highest BCUT2D eigenvalue weighted by Crippen LogP contribution is 2.43. The Kier molecular flexibility index (Phi) is 5.92. The SMILES string of the molecule is O=C(C[N+]12CCC(CC1)[C@@H](OC(=O)C(O)(c1ccoc1)C1CCCC1)C2)Nc1cnccn1. The topological polar surface area (TPSA) is 115 Å². The molecule has 4 aliphatic rings. The molecule has 1 unspecified atom stereocenters. The molecule has 3 aliphatic heterocycles. The van der Waals surface area contributed by atoms with Gasteiger partial charge in [-0.1, -0.05) is 12.8 Å². The third-order valence-corrected chi connectivity index (χ3v) is 7.83. The molecule has 0 radical (unpaired) electrons. The molecule has 33 heavy (non-hydrogen) atoms. The second kappa shape index (κ2) is 8.87. The molecule has 2 aromatic rings. The maximum Gasteiger partial charge on any atom is 0.343 e. The number of nitrogens with zero attached hydrogens (tertiary/aromatic N) is 3. The predicted octanol–water partition coefficient (Wildman–Crippen LogP) is 2.24. The minimum atomic E-state index is -1.69. The fraction of sp³-hybridized carbons (Fsp3) is 0.583. The van der Waals surface area contributed by atoms with E-state index in [4.69, 9.17) is 9.15 Å². The van der Waals surface area contributed by atoms with Gasteiger partial charge in [0.25, 0.3) is 5.91 Å². The highest BCUT2D eigenvalue weighted by atomic mass is 16.6. The van der Waals surface area contributed by atoms with E-state index in [1.165, 1.54) is 24.9 Å². The van der Waals surface area contributed by atoms with Gasteiger partial charge in [-0.15, -0.1) is 0 Å². The van der Waals surface area contributed by atoms with Gasteiger partial charge in [0.15, 0.2) is 24.1 Å². The van der Waals surface area contributed by atoms with Crippen molar-refractivity contribution < 1.29 is 28.3 Å². The highest BCUT2D eigenvalue weighted by Gasteiger charge is 2.53. The number of hydrogen-bond donors (Lipinski definition) is 2. The number of aromatic nitrogens is 2. The van der Waals surface area contributed by atoms with Gasteiger partial charge in [-0.3, -0.25) is 9.78 Å². The minimum Gasteiger partial charge on any atom is -0.472 e. The summed E-state index contributed by atoms with van der Waals surface area (Å²) in [6, 6.07) is 1.65. The second-order valence-corrected chi connectivity index (χ2v) is 9.81. The molecule has 9 heteroatoms. The summed E-state index contributed by atoms with van der Waals surface area (Å²) >= 11 is 0. The summed E-state index contributed by atoms with van der Waals surface area (Å²) in [7, 11) is 0. The number of nitrogens with one attached hydrogen (secondary N) is 1. The molecule has 2 aromatic heterocycles. The zero-order valence-electron chi connectivity index (χ0n) is 18.7. The van der Waals surface area contributed by atoms with Crippen LogP contribution in [0.3, 0.4) is 0 Å². The predicted molar refractivity (Wildman–Crippen MR) is 118 cm³/mol. The zero-order chi connectivity index (χ0) is 22.9. The van der Waals surface area contributed by atoms with Crippen molar-refractivity contribution in [3.63, 3.8) is 0 Å². The van der Waals surface area contributed by atoms with Crippen LogP contribution in [0.2, 0.25) is 0 Å². The number of fused-ring (bicyclic) bond motifs is 3. The van der Waals surface area contributed by atoms with E-state index in [0.717, 1.165) is 51.6 Å². The molecule has 2 N–H and O–H groups in total. The van der Waals surface area contributed by atoms with Crippen molar-refractivity contribution in [2.24, 2.45) is 11.8 Å². The summed E-state index contributed by atoms with van der Waals surface area (Å²) in [5, 5.41) is 14.4. The number of ether oxygens (including phenoxy) is 1. The first kappa shape index (κ1) is 22.0.